The number of carbonyl (C=O) groups excluding carboxylic acids is 3. The number of hydrogen-bond acceptors (Lipinski definition) is 7. The van der Waals surface area contributed by atoms with E-state index in [0.717, 1.165) is 0 Å². The first-order valence-electron chi connectivity index (χ1n) is 5.54. The highest BCUT2D eigenvalue weighted by Crippen LogP contribution is 2.22. The summed E-state index contributed by atoms with van der Waals surface area (Å²) in [6.07, 6.45) is 0. The number of ether oxygens (including phenoxy) is 1. The summed E-state index contributed by atoms with van der Waals surface area (Å²) >= 11 is 2.41. The van der Waals surface area contributed by atoms with Crippen LogP contribution in [-0.2, 0) is 14.3 Å². The van der Waals surface area contributed by atoms with Gasteiger partial charge in [-0.1, -0.05) is 0 Å². The minimum absolute atomic E-state index is 0.112. The number of amides is 2. The van der Waals surface area contributed by atoms with Crippen LogP contribution in [0, 0.1) is 0 Å². The first-order valence-corrected chi connectivity index (χ1v) is 7.57. The van der Waals surface area contributed by atoms with E-state index >= 15 is 0 Å². The Kier molecular flexibility index (Phi) is 6.49. The van der Waals surface area contributed by atoms with Crippen LogP contribution in [0.25, 0.3) is 0 Å². The summed E-state index contributed by atoms with van der Waals surface area (Å²) in [7, 11) is 1.25. The van der Waals surface area contributed by atoms with Gasteiger partial charge in [-0.2, -0.15) is 0 Å². The summed E-state index contributed by atoms with van der Waals surface area (Å²) in [5, 5.41) is 4.67. The van der Waals surface area contributed by atoms with Gasteiger partial charge in [0.05, 0.1) is 18.4 Å². The molecule has 20 heavy (non-hydrogen) atoms. The van der Waals surface area contributed by atoms with E-state index < -0.39 is 17.9 Å². The lowest BCUT2D eigenvalue weighted by atomic mass is 10.3. The molecule has 1 heterocycles. The number of thioether (sulfide) groups is 1. The van der Waals surface area contributed by atoms with Crippen LogP contribution in [0.3, 0.4) is 0 Å². The minimum atomic E-state index is -0.763. The molecule has 0 aliphatic carbocycles. The van der Waals surface area contributed by atoms with Crippen LogP contribution in [0.15, 0.2) is 11.4 Å². The Morgan fingerprint density at radius 3 is 2.80 bits per heavy atom. The standard InChI is InChI=1S/C11H15N3O4S2/c1-18-11(17)7(12)4-19-5-8(15)14-10-6(9(13)16)2-3-20-10/h2-3,7H,4-5,12H2,1H3,(H2,13,16)(H,14,15). The molecule has 0 aliphatic rings. The van der Waals surface area contributed by atoms with Gasteiger partial charge >= 0.3 is 5.97 Å². The molecule has 110 valence electrons. The smallest absolute Gasteiger partial charge is 0.323 e. The van der Waals surface area contributed by atoms with Crippen LogP contribution in [0.5, 0.6) is 0 Å². The number of primary amides is 1. The highest BCUT2D eigenvalue weighted by molar-refractivity contribution is 8.00. The average molecular weight is 317 g/mol. The maximum Gasteiger partial charge on any atom is 0.323 e. The summed E-state index contributed by atoms with van der Waals surface area (Å²) in [5.74, 6) is -1.03. The van der Waals surface area contributed by atoms with Crippen LogP contribution in [0.2, 0.25) is 0 Å². The van der Waals surface area contributed by atoms with Crippen molar-refractivity contribution in [3.05, 3.63) is 17.0 Å². The molecule has 0 fully saturated rings. The Morgan fingerprint density at radius 1 is 1.50 bits per heavy atom. The monoisotopic (exact) mass is 317 g/mol. The third kappa shape index (κ3) is 4.83. The molecule has 1 atom stereocenters. The zero-order chi connectivity index (χ0) is 15.1. The predicted octanol–water partition coefficient (Wildman–Crippen LogP) is 0.0190. The number of nitrogens with one attached hydrogen (secondary N) is 1. The molecule has 1 aromatic heterocycles. The minimum Gasteiger partial charge on any atom is -0.468 e. The zero-order valence-electron chi connectivity index (χ0n) is 10.8. The van der Waals surface area contributed by atoms with Crippen molar-refractivity contribution < 1.29 is 19.1 Å². The molecular formula is C11H15N3O4S2. The van der Waals surface area contributed by atoms with Gasteiger partial charge in [-0.15, -0.1) is 23.1 Å². The normalized spacial score (nSPS) is 11.7. The van der Waals surface area contributed by atoms with Crippen molar-refractivity contribution >= 4 is 45.9 Å². The highest BCUT2D eigenvalue weighted by Gasteiger charge is 2.15. The Labute approximate surface area is 124 Å². The van der Waals surface area contributed by atoms with Gasteiger partial charge in [0.1, 0.15) is 11.0 Å². The molecule has 0 bridgehead atoms. The third-order valence-electron chi connectivity index (χ3n) is 2.22. The second kappa shape index (κ2) is 7.88. The quantitative estimate of drug-likeness (QED) is 0.609. The molecule has 0 aromatic carbocycles. The van der Waals surface area contributed by atoms with E-state index in [4.69, 9.17) is 11.5 Å². The molecule has 2 amide bonds. The van der Waals surface area contributed by atoms with Crippen molar-refractivity contribution in [2.75, 3.05) is 23.9 Å². The van der Waals surface area contributed by atoms with Gasteiger partial charge in [-0.3, -0.25) is 14.4 Å². The molecule has 0 radical (unpaired) electrons. The summed E-state index contributed by atoms with van der Waals surface area (Å²) < 4.78 is 4.47. The van der Waals surface area contributed by atoms with Gasteiger partial charge in [0.15, 0.2) is 0 Å². The van der Waals surface area contributed by atoms with E-state index in [9.17, 15) is 14.4 Å². The van der Waals surface area contributed by atoms with Gasteiger partial charge in [0.25, 0.3) is 5.91 Å². The lowest BCUT2D eigenvalue weighted by molar-refractivity contribution is -0.141. The number of esters is 1. The number of anilines is 1. The number of hydrogen-bond donors (Lipinski definition) is 3. The van der Waals surface area contributed by atoms with Crippen LogP contribution < -0.4 is 16.8 Å². The lowest BCUT2D eigenvalue weighted by Crippen LogP contribution is -2.34. The molecule has 7 nitrogen and oxygen atoms in total. The lowest BCUT2D eigenvalue weighted by Gasteiger charge is -2.08. The zero-order valence-corrected chi connectivity index (χ0v) is 12.4. The van der Waals surface area contributed by atoms with Gasteiger partial charge in [-0.05, 0) is 11.4 Å². The molecule has 0 spiro atoms. The Balaban J connectivity index is 2.39. The van der Waals surface area contributed by atoms with Crippen molar-refractivity contribution in [1.29, 1.82) is 0 Å². The number of rotatable bonds is 7. The largest absolute Gasteiger partial charge is 0.468 e. The van der Waals surface area contributed by atoms with Crippen molar-refractivity contribution in [2.45, 2.75) is 6.04 Å². The van der Waals surface area contributed by atoms with Gasteiger partial charge < -0.3 is 21.5 Å². The molecule has 1 unspecified atom stereocenters. The van der Waals surface area contributed by atoms with Gasteiger partial charge in [-0.25, -0.2) is 0 Å². The molecular weight excluding hydrogens is 302 g/mol. The fraction of sp³-hybridized carbons (Fsp3) is 0.364. The average Bonchev–Trinajstić information content (AvgIpc) is 2.85. The second-order valence-corrected chi connectivity index (χ2v) is 5.67. The SMILES string of the molecule is COC(=O)C(N)CSCC(=O)Nc1sccc1C(N)=O. The molecule has 9 heteroatoms. The van der Waals surface area contributed by atoms with E-state index in [0.29, 0.717) is 5.00 Å². The molecule has 0 aliphatic heterocycles. The maximum atomic E-state index is 11.7. The molecule has 5 N–H and O–H groups in total. The number of methoxy groups -OCH3 is 1. The first-order chi connectivity index (χ1) is 9.45. The van der Waals surface area contributed by atoms with E-state index in [1.165, 1.54) is 30.2 Å². The molecule has 0 saturated carbocycles. The Bertz CT molecular complexity index is 504. The fourth-order valence-corrected chi connectivity index (χ4v) is 2.83. The summed E-state index contributed by atoms with van der Waals surface area (Å²) in [6, 6.07) is 0.781. The topological polar surface area (TPSA) is 125 Å². The highest BCUT2D eigenvalue weighted by atomic mass is 32.2. The van der Waals surface area contributed by atoms with Gasteiger partial charge in [0, 0.05) is 5.75 Å². The Morgan fingerprint density at radius 2 is 2.20 bits per heavy atom. The summed E-state index contributed by atoms with van der Waals surface area (Å²) in [5.41, 5.74) is 11.0. The van der Waals surface area contributed by atoms with Gasteiger partial charge in [0.2, 0.25) is 5.91 Å². The van der Waals surface area contributed by atoms with Crippen LogP contribution in [0.1, 0.15) is 10.4 Å². The van der Waals surface area contributed by atoms with Crippen molar-refractivity contribution in [2.24, 2.45) is 11.5 Å². The van der Waals surface area contributed by atoms with E-state index in [2.05, 4.69) is 10.1 Å². The maximum absolute atomic E-state index is 11.7. The van der Waals surface area contributed by atoms with E-state index in [-0.39, 0.29) is 23.0 Å². The van der Waals surface area contributed by atoms with Crippen molar-refractivity contribution in [1.82, 2.24) is 0 Å². The van der Waals surface area contributed by atoms with Crippen LogP contribution in [-0.4, -0.2) is 42.4 Å². The molecule has 0 saturated heterocycles. The summed E-state index contributed by atoms with van der Waals surface area (Å²) in [4.78, 5) is 33.8. The molecule has 1 rings (SSSR count). The number of carbonyl (C=O) groups is 3. The van der Waals surface area contributed by atoms with Crippen molar-refractivity contribution in [3.8, 4) is 0 Å². The Hall–Kier alpha value is -1.58. The summed E-state index contributed by atoms with van der Waals surface area (Å²) in [6.45, 7) is 0. The van der Waals surface area contributed by atoms with E-state index in [1.54, 1.807) is 11.4 Å². The fourth-order valence-electron chi connectivity index (χ4n) is 1.26. The second-order valence-electron chi connectivity index (χ2n) is 3.72. The van der Waals surface area contributed by atoms with Crippen molar-refractivity contribution in [3.63, 3.8) is 0 Å². The third-order valence-corrected chi connectivity index (χ3v) is 4.11. The number of nitrogens with two attached hydrogens (primary N) is 2. The molecule has 1 aromatic rings. The predicted molar refractivity (Wildman–Crippen MR) is 78.8 cm³/mol. The number of thiophene rings is 1. The van der Waals surface area contributed by atoms with E-state index in [1.807, 2.05) is 0 Å². The first kappa shape index (κ1) is 16.5. The van der Waals surface area contributed by atoms with Crippen LogP contribution in [0.4, 0.5) is 5.00 Å². The van der Waals surface area contributed by atoms with Crippen LogP contribution >= 0.6 is 23.1 Å².